The fourth-order valence-corrected chi connectivity index (χ4v) is 2.30. The van der Waals surface area contributed by atoms with Crippen LogP contribution in [0.3, 0.4) is 0 Å². The lowest BCUT2D eigenvalue weighted by Gasteiger charge is -2.10. The summed E-state index contributed by atoms with van der Waals surface area (Å²) >= 11 is 0. The molecule has 0 amide bonds. The predicted molar refractivity (Wildman–Crippen MR) is 94.9 cm³/mol. The van der Waals surface area contributed by atoms with Gasteiger partial charge in [-0.1, -0.05) is 6.07 Å². The van der Waals surface area contributed by atoms with E-state index in [2.05, 4.69) is 24.8 Å². The molecule has 0 aliphatic heterocycles. The number of nitrogens with one attached hydrogen (secondary N) is 1. The minimum absolute atomic E-state index is 0.423. The van der Waals surface area contributed by atoms with E-state index in [9.17, 15) is 4.79 Å². The van der Waals surface area contributed by atoms with Gasteiger partial charge in [-0.25, -0.2) is 14.8 Å². The molecule has 1 unspecified atom stereocenters. The third-order valence-electron chi connectivity index (χ3n) is 3.44. The summed E-state index contributed by atoms with van der Waals surface area (Å²) in [4.78, 5) is 24.5. The van der Waals surface area contributed by atoms with Gasteiger partial charge in [-0.15, -0.1) is 0 Å². The van der Waals surface area contributed by atoms with Crippen molar-refractivity contribution in [2.45, 2.75) is 6.92 Å². The van der Waals surface area contributed by atoms with Gasteiger partial charge in [0.1, 0.15) is 0 Å². The first-order chi connectivity index (χ1) is 11.7. The third-order valence-corrected chi connectivity index (χ3v) is 3.65. The number of aryl methyl sites for hydroxylation is 1. The summed E-state index contributed by atoms with van der Waals surface area (Å²) in [7, 11) is 1.95. The number of hydrogen-bond donors (Lipinski definition) is 1. The highest BCUT2D eigenvalue weighted by molar-refractivity contribution is 7.10. The molecule has 0 aliphatic carbocycles. The van der Waals surface area contributed by atoms with Crippen molar-refractivity contribution in [3.8, 4) is 11.3 Å². The third kappa shape index (κ3) is 3.55. The van der Waals surface area contributed by atoms with Crippen molar-refractivity contribution in [1.82, 2.24) is 15.0 Å². The molecule has 2 aromatic heterocycles. The molecule has 0 fully saturated rings. The van der Waals surface area contributed by atoms with Gasteiger partial charge < -0.3 is 9.84 Å². The first-order valence-electron chi connectivity index (χ1n) is 7.19. The summed E-state index contributed by atoms with van der Waals surface area (Å²) in [6.45, 7) is 1.93. The molecule has 1 N–H and O–H groups in total. The molecule has 3 rings (SSSR count). The summed E-state index contributed by atoms with van der Waals surface area (Å²) < 4.78 is 4.67. The molecule has 6 nitrogen and oxygen atoms in total. The molecular formula is C17H15N4O2P. The quantitative estimate of drug-likeness (QED) is 0.733. The van der Waals surface area contributed by atoms with Gasteiger partial charge in [-0.2, -0.15) is 0 Å². The number of hydrogen-bond acceptors (Lipinski definition) is 6. The Hall–Kier alpha value is -2.85. The highest BCUT2D eigenvalue weighted by Gasteiger charge is 2.09. The zero-order valence-corrected chi connectivity index (χ0v) is 14.1. The van der Waals surface area contributed by atoms with Gasteiger partial charge in [0.25, 0.3) is 0 Å². The minimum Gasteiger partial charge on any atom is -0.448 e. The van der Waals surface area contributed by atoms with Crippen LogP contribution in [0, 0.1) is 6.92 Å². The normalized spacial score (nSPS) is 10.2. The first kappa shape index (κ1) is 16.0. The van der Waals surface area contributed by atoms with Crippen LogP contribution in [-0.2, 0) is 4.52 Å². The van der Waals surface area contributed by atoms with Crippen LogP contribution >= 0.6 is 9.47 Å². The Morgan fingerprint density at radius 3 is 2.83 bits per heavy atom. The van der Waals surface area contributed by atoms with Gasteiger partial charge in [0.05, 0.1) is 20.7 Å². The summed E-state index contributed by atoms with van der Waals surface area (Å²) in [5.74, 6) is 0.0175. The molecule has 0 aliphatic rings. The molecule has 0 bridgehead atoms. The van der Waals surface area contributed by atoms with Crippen LogP contribution in [0.4, 0.5) is 11.6 Å². The number of carbonyl (C=O) groups is 1. The monoisotopic (exact) mass is 338 g/mol. The summed E-state index contributed by atoms with van der Waals surface area (Å²) in [5, 5.41) is 3.14. The van der Waals surface area contributed by atoms with Crippen molar-refractivity contribution in [2.24, 2.45) is 0 Å². The Morgan fingerprint density at radius 1 is 1.21 bits per heavy atom. The molecule has 0 radical (unpaired) electrons. The highest BCUT2D eigenvalue weighted by Crippen LogP contribution is 2.22. The lowest BCUT2D eigenvalue weighted by Crippen LogP contribution is -2.03. The van der Waals surface area contributed by atoms with E-state index in [1.54, 1.807) is 30.7 Å². The maximum atomic E-state index is 11.7. The van der Waals surface area contributed by atoms with E-state index < -0.39 is 5.97 Å². The molecule has 1 atom stereocenters. The van der Waals surface area contributed by atoms with Gasteiger partial charge in [-0.3, -0.25) is 4.98 Å². The van der Waals surface area contributed by atoms with Crippen LogP contribution < -0.4 is 5.32 Å². The van der Waals surface area contributed by atoms with E-state index in [0.717, 1.165) is 22.5 Å². The Kier molecular flexibility index (Phi) is 4.77. The Labute approximate surface area is 141 Å². The Balaban J connectivity index is 1.90. The molecule has 0 spiro atoms. The smallest absolute Gasteiger partial charge is 0.340 e. The second-order valence-corrected chi connectivity index (χ2v) is 5.30. The predicted octanol–water partition coefficient (Wildman–Crippen LogP) is 3.54. The average molecular weight is 338 g/mol. The SMILES string of the molecule is Cc1ccc(C(=O)OP)cc1Nc1nccc(-c2cccnc2)n1. The topological polar surface area (TPSA) is 77.0 Å². The Morgan fingerprint density at radius 2 is 2.08 bits per heavy atom. The van der Waals surface area contributed by atoms with Crippen LogP contribution in [-0.4, -0.2) is 20.9 Å². The van der Waals surface area contributed by atoms with Crippen LogP contribution in [0.5, 0.6) is 0 Å². The summed E-state index contributed by atoms with van der Waals surface area (Å²) in [6.07, 6.45) is 5.13. The molecule has 0 saturated carbocycles. The number of aromatic nitrogens is 3. The maximum absolute atomic E-state index is 11.7. The molecule has 0 saturated heterocycles. The van der Waals surface area contributed by atoms with Crippen molar-refractivity contribution in [3.63, 3.8) is 0 Å². The van der Waals surface area contributed by atoms with Crippen LogP contribution in [0.1, 0.15) is 15.9 Å². The molecule has 120 valence electrons. The summed E-state index contributed by atoms with van der Waals surface area (Å²) in [5.41, 5.74) is 3.82. The number of nitrogens with zero attached hydrogens (tertiary/aromatic N) is 3. The Bertz CT molecular complexity index is 871. The molecule has 24 heavy (non-hydrogen) atoms. The van der Waals surface area contributed by atoms with Crippen LogP contribution in [0.15, 0.2) is 55.0 Å². The standard InChI is InChI=1S/C17H15N4O2P/c1-11-4-5-12(16(22)23-24)9-15(11)21-17-19-8-6-14(20-17)13-3-2-7-18-10-13/h2-10H,24H2,1H3,(H,19,20,21). The largest absolute Gasteiger partial charge is 0.448 e. The number of pyridine rings is 1. The van der Waals surface area contributed by atoms with Gasteiger partial charge in [0.2, 0.25) is 5.95 Å². The van der Waals surface area contributed by atoms with Crippen LogP contribution in [0.2, 0.25) is 0 Å². The first-order valence-corrected chi connectivity index (χ1v) is 7.66. The van der Waals surface area contributed by atoms with Gasteiger partial charge in [0.15, 0.2) is 0 Å². The van der Waals surface area contributed by atoms with Gasteiger partial charge in [0, 0.05) is 29.8 Å². The van der Waals surface area contributed by atoms with E-state index in [4.69, 9.17) is 0 Å². The van der Waals surface area contributed by atoms with E-state index in [1.807, 2.05) is 40.7 Å². The van der Waals surface area contributed by atoms with Crippen molar-refractivity contribution >= 4 is 27.1 Å². The fourth-order valence-electron chi connectivity index (χ4n) is 2.17. The van der Waals surface area contributed by atoms with E-state index in [-0.39, 0.29) is 0 Å². The van der Waals surface area contributed by atoms with Gasteiger partial charge >= 0.3 is 5.97 Å². The van der Waals surface area contributed by atoms with Gasteiger partial charge in [-0.05, 0) is 42.8 Å². The van der Waals surface area contributed by atoms with Crippen molar-refractivity contribution < 1.29 is 9.32 Å². The van der Waals surface area contributed by atoms with E-state index >= 15 is 0 Å². The number of rotatable bonds is 4. The summed E-state index contributed by atoms with van der Waals surface area (Å²) in [6, 6.07) is 10.9. The number of anilines is 2. The number of carbonyl (C=O) groups excluding carboxylic acids is 1. The van der Waals surface area contributed by atoms with Crippen molar-refractivity contribution in [2.75, 3.05) is 5.32 Å². The second kappa shape index (κ2) is 7.15. The molecule has 3 aromatic rings. The molecule has 7 heteroatoms. The second-order valence-electron chi connectivity index (χ2n) is 5.07. The zero-order chi connectivity index (χ0) is 16.9. The molecular weight excluding hydrogens is 323 g/mol. The average Bonchev–Trinajstić information content (AvgIpc) is 2.64. The lowest BCUT2D eigenvalue weighted by atomic mass is 10.1. The van der Waals surface area contributed by atoms with E-state index in [1.165, 1.54) is 0 Å². The maximum Gasteiger partial charge on any atom is 0.340 e. The van der Waals surface area contributed by atoms with Crippen LogP contribution in [0.25, 0.3) is 11.3 Å². The fraction of sp³-hybridized carbons (Fsp3) is 0.0588. The lowest BCUT2D eigenvalue weighted by molar-refractivity contribution is 0.0765. The minimum atomic E-state index is -0.423. The van der Waals surface area contributed by atoms with Crippen molar-refractivity contribution in [1.29, 1.82) is 0 Å². The number of benzene rings is 1. The van der Waals surface area contributed by atoms with Crippen molar-refractivity contribution in [3.05, 3.63) is 66.1 Å². The van der Waals surface area contributed by atoms with E-state index in [0.29, 0.717) is 11.5 Å². The molecule has 2 heterocycles. The zero-order valence-electron chi connectivity index (χ0n) is 12.9. The highest BCUT2D eigenvalue weighted by atomic mass is 31.0. The molecule has 1 aromatic carbocycles.